The highest BCUT2D eigenvalue weighted by atomic mass is 32.1. The number of fused-ring (bicyclic) bond motifs is 1. The van der Waals surface area contributed by atoms with Crippen molar-refractivity contribution in [3.05, 3.63) is 65.2 Å². The molecular weight excluding hydrogens is 401 g/mol. The lowest BCUT2D eigenvalue weighted by Gasteiger charge is -2.09. The molecule has 0 bridgehead atoms. The molecule has 2 N–H and O–H groups in total. The van der Waals surface area contributed by atoms with Crippen LogP contribution >= 0.6 is 11.3 Å². The van der Waals surface area contributed by atoms with Gasteiger partial charge in [-0.3, -0.25) is 4.79 Å². The van der Waals surface area contributed by atoms with E-state index < -0.39 is 5.82 Å². The third-order valence-electron chi connectivity index (χ3n) is 4.64. The number of carbonyl (C=O) groups excluding carboxylic acids is 1. The van der Waals surface area contributed by atoms with Crippen molar-refractivity contribution in [3.8, 4) is 11.1 Å². The molecule has 0 aliphatic rings. The van der Waals surface area contributed by atoms with Crippen molar-refractivity contribution in [1.82, 2.24) is 15.0 Å². The van der Waals surface area contributed by atoms with Crippen molar-refractivity contribution in [1.29, 1.82) is 0 Å². The third-order valence-corrected chi connectivity index (χ3v) is 5.66. The molecule has 4 aromatic rings. The summed E-state index contributed by atoms with van der Waals surface area (Å²) in [5.74, 6) is 0.360. The Kier molecular flexibility index (Phi) is 5.67. The maximum Gasteiger partial charge on any atom is 0.227 e. The monoisotopic (exact) mass is 421 g/mol. The van der Waals surface area contributed by atoms with Gasteiger partial charge in [-0.1, -0.05) is 29.8 Å². The molecule has 4 rings (SSSR count). The summed E-state index contributed by atoms with van der Waals surface area (Å²) in [6.07, 6.45) is 2.81. The number of nitrogens with one attached hydrogen (secondary N) is 2. The average molecular weight is 422 g/mol. The highest BCUT2D eigenvalue weighted by molar-refractivity contribution is 7.19. The van der Waals surface area contributed by atoms with E-state index in [9.17, 15) is 9.18 Å². The van der Waals surface area contributed by atoms with Crippen molar-refractivity contribution in [2.24, 2.45) is 0 Å². The molecular formula is C22H20FN5OS. The van der Waals surface area contributed by atoms with Crippen molar-refractivity contribution < 1.29 is 9.18 Å². The Morgan fingerprint density at radius 3 is 2.60 bits per heavy atom. The molecule has 6 nitrogen and oxygen atoms in total. The van der Waals surface area contributed by atoms with E-state index in [1.165, 1.54) is 24.0 Å². The first-order chi connectivity index (χ1) is 14.5. The molecule has 0 fully saturated rings. The van der Waals surface area contributed by atoms with E-state index in [4.69, 9.17) is 0 Å². The van der Waals surface area contributed by atoms with E-state index >= 15 is 0 Å². The molecule has 0 atom stereocenters. The van der Waals surface area contributed by atoms with Gasteiger partial charge in [0.15, 0.2) is 0 Å². The van der Waals surface area contributed by atoms with Crippen LogP contribution in [0.4, 0.5) is 16.0 Å². The Balaban J connectivity index is 1.51. The quantitative estimate of drug-likeness (QED) is 0.460. The number of anilines is 2. The summed E-state index contributed by atoms with van der Waals surface area (Å²) in [5, 5.41) is 6.88. The number of aromatic nitrogens is 3. The van der Waals surface area contributed by atoms with Crippen LogP contribution in [0.5, 0.6) is 0 Å². The van der Waals surface area contributed by atoms with Gasteiger partial charge in [-0.25, -0.2) is 19.3 Å². The van der Waals surface area contributed by atoms with Gasteiger partial charge in [-0.15, -0.1) is 11.3 Å². The van der Waals surface area contributed by atoms with Crippen molar-refractivity contribution in [2.45, 2.75) is 20.3 Å². The number of carbonyl (C=O) groups is 1. The predicted octanol–water partition coefficient (Wildman–Crippen LogP) is 4.95. The number of nitrogens with zero attached hydrogens (tertiary/aromatic N) is 3. The Morgan fingerprint density at radius 1 is 1.07 bits per heavy atom. The van der Waals surface area contributed by atoms with Crippen molar-refractivity contribution in [2.75, 3.05) is 17.2 Å². The van der Waals surface area contributed by atoms with Gasteiger partial charge in [-0.05, 0) is 31.5 Å². The molecule has 3 aromatic heterocycles. The fraction of sp³-hybridized carbons (Fsp3) is 0.182. The number of hydrogen-bond donors (Lipinski definition) is 2. The van der Waals surface area contributed by atoms with Gasteiger partial charge in [0.2, 0.25) is 5.91 Å². The van der Waals surface area contributed by atoms with Gasteiger partial charge in [0.25, 0.3) is 0 Å². The van der Waals surface area contributed by atoms with Crippen LogP contribution in [-0.2, 0) is 4.79 Å². The normalized spacial score (nSPS) is 10.9. The summed E-state index contributed by atoms with van der Waals surface area (Å²) in [6, 6.07) is 11.1. The smallest absolute Gasteiger partial charge is 0.227 e. The van der Waals surface area contributed by atoms with Crippen molar-refractivity contribution in [3.63, 3.8) is 0 Å². The molecule has 0 aliphatic heterocycles. The highest BCUT2D eigenvalue weighted by Crippen LogP contribution is 2.40. The summed E-state index contributed by atoms with van der Waals surface area (Å²) in [7, 11) is 0. The molecule has 8 heteroatoms. The highest BCUT2D eigenvalue weighted by Gasteiger charge is 2.16. The molecule has 30 heavy (non-hydrogen) atoms. The van der Waals surface area contributed by atoms with Crippen LogP contribution in [0.2, 0.25) is 0 Å². The van der Waals surface area contributed by atoms with Crippen LogP contribution in [0.3, 0.4) is 0 Å². The second-order valence-corrected chi connectivity index (χ2v) is 8.09. The van der Waals surface area contributed by atoms with Crippen LogP contribution in [-0.4, -0.2) is 27.4 Å². The number of thiophene rings is 1. The molecule has 0 saturated carbocycles. The molecule has 0 aliphatic carbocycles. The summed E-state index contributed by atoms with van der Waals surface area (Å²) in [6.45, 7) is 4.53. The summed E-state index contributed by atoms with van der Waals surface area (Å²) in [5.41, 5.74) is 3.42. The Morgan fingerprint density at radius 2 is 1.87 bits per heavy atom. The maximum absolute atomic E-state index is 12.9. The fourth-order valence-corrected chi connectivity index (χ4v) is 4.21. The number of hydrogen-bond acceptors (Lipinski definition) is 6. The first kappa shape index (κ1) is 19.9. The standard InChI is InChI=1S/C22H20FN5OS/c1-13-3-5-15(6-4-13)19-14(2)30-22-20(19)21(26-12-27-22)24-10-9-18(29)28-17-8-7-16(23)11-25-17/h3-8,11-12H,9-10H2,1-2H3,(H,24,26,27)(H,25,28,29). The molecule has 3 heterocycles. The molecule has 0 unspecified atom stereocenters. The lowest BCUT2D eigenvalue weighted by atomic mass is 10.0. The van der Waals surface area contributed by atoms with Gasteiger partial charge in [-0.2, -0.15) is 0 Å². The topological polar surface area (TPSA) is 79.8 Å². The Hall–Kier alpha value is -3.39. The molecule has 152 valence electrons. The lowest BCUT2D eigenvalue weighted by Crippen LogP contribution is -2.17. The first-order valence-corrected chi connectivity index (χ1v) is 10.3. The minimum atomic E-state index is -0.446. The predicted molar refractivity (Wildman–Crippen MR) is 118 cm³/mol. The van der Waals surface area contributed by atoms with Gasteiger partial charge >= 0.3 is 0 Å². The zero-order valence-electron chi connectivity index (χ0n) is 16.6. The van der Waals surface area contributed by atoms with E-state index in [-0.39, 0.29) is 12.3 Å². The summed E-state index contributed by atoms with van der Waals surface area (Å²) >= 11 is 1.63. The number of rotatable bonds is 6. The lowest BCUT2D eigenvalue weighted by molar-refractivity contribution is -0.116. The molecule has 0 saturated heterocycles. The van der Waals surface area contributed by atoms with Crippen molar-refractivity contribution >= 4 is 39.1 Å². The minimum absolute atomic E-state index is 0.216. The maximum atomic E-state index is 12.9. The Labute approximate surface area is 177 Å². The zero-order chi connectivity index (χ0) is 21.1. The van der Waals surface area contributed by atoms with Gasteiger partial charge < -0.3 is 10.6 Å². The SMILES string of the molecule is Cc1ccc(-c2c(C)sc3ncnc(NCCC(=O)Nc4ccc(F)cn4)c23)cc1. The number of benzene rings is 1. The van der Waals surface area contributed by atoms with E-state index in [0.717, 1.165) is 32.4 Å². The van der Waals surface area contributed by atoms with E-state index in [1.54, 1.807) is 11.3 Å². The van der Waals surface area contributed by atoms with Crippen LogP contribution in [0.25, 0.3) is 21.3 Å². The molecule has 1 amide bonds. The molecule has 1 aromatic carbocycles. The number of aryl methyl sites for hydroxylation is 2. The summed E-state index contributed by atoms with van der Waals surface area (Å²) in [4.78, 5) is 26.9. The second-order valence-electron chi connectivity index (χ2n) is 6.89. The van der Waals surface area contributed by atoms with Crippen LogP contribution in [0, 0.1) is 19.7 Å². The number of pyridine rings is 1. The Bertz CT molecular complexity index is 1190. The molecule has 0 spiro atoms. The minimum Gasteiger partial charge on any atom is -0.369 e. The van der Waals surface area contributed by atoms with Crippen LogP contribution in [0.15, 0.2) is 48.9 Å². The van der Waals surface area contributed by atoms with Crippen LogP contribution < -0.4 is 10.6 Å². The van der Waals surface area contributed by atoms with Gasteiger partial charge in [0.05, 0.1) is 11.6 Å². The van der Waals surface area contributed by atoms with E-state index in [0.29, 0.717) is 18.2 Å². The third kappa shape index (κ3) is 4.28. The number of amides is 1. The van der Waals surface area contributed by atoms with Gasteiger partial charge in [0.1, 0.15) is 28.6 Å². The second kappa shape index (κ2) is 8.54. The largest absolute Gasteiger partial charge is 0.369 e. The van der Waals surface area contributed by atoms with Gasteiger partial charge in [0, 0.05) is 23.4 Å². The van der Waals surface area contributed by atoms with E-state index in [2.05, 4.69) is 63.7 Å². The summed E-state index contributed by atoms with van der Waals surface area (Å²) < 4.78 is 12.9. The zero-order valence-corrected chi connectivity index (χ0v) is 17.4. The van der Waals surface area contributed by atoms with E-state index in [1.807, 2.05) is 0 Å². The average Bonchev–Trinajstić information content (AvgIpc) is 3.07. The van der Waals surface area contributed by atoms with Crippen LogP contribution in [0.1, 0.15) is 16.9 Å². The fourth-order valence-electron chi connectivity index (χ4n) is 3.20. The number of halogens is 1. The molecule has 0 radical (unpaired) electrons. The first-order valence-electron chi connectivity index (χ1n) is 9.47.